The van der Waals surface area contributed by atoms with Gasteiger partial charge in [-0.2, -0.15) is 4.98 Å². The number of carbonyl (C=O) groups is 1. The first-order chi connectivity index (χ1) is 10.5. The van der Waals surface area contributed by atoms with E-state index in [1.807, 2.05) is 0 Å². The molecule has 22 heavy (non-hydrogen) atoms. The summed E-state index contributed by atoms with van der Waals surface area (Å²) in [5.74, 6) is -0.495. The van der Waals surface area contributed by atoms with Crippen LogP contribution in [0.3, 0.4) is 0 Å². The molecule has 0 aliphatic rings. The van der Waals surface area contributed by atoms with Crippen LogP contribution in [0.4, 0.5) is 5.69 Å². The zero-order valence-electron chi connectivity index (χ0n) is 11.4. The fraction of sp³-hybridized carbons (Fsp3) is 0.154. The molecule has 1 aromatic carbocycles. The fourth-order valence-corrected chi connectivity index (χ4v) is 1.65. The van der Waals surface area contributed by atoms with Crippen molar-refractivity contribution >= 4 is 23.3 Å². The van der Waals surface area contributed by atoms with Crippen LogP contribution in [0.5, 0.6) is 11.6 Å². The summed E-state index contributed by atoms with van der Waals surface area (Å²) >= 11 is 5.60. The van der Waals surface area contributed by atoms with Crippen molar-refractivity contribution < 1.29 is 19.2 Å². The summed E-state index contributed by atoms with van der Waals surface area (Å²) in [7, 11) is 0. The van der Waals surface area contributed by atoms with Gasteiger partial charge in [-0.15, -0.1) is 0 Å². The van der Waals surface area contributed by atoms with E-state index in [1.54, 1.807) is 6.92 Å². The van der Waals surface area contributed by atoms with Crippen LogP contribution in [0.15, 0.2) is 30.5 Å². The minimum atomic E-state index is -0.682. The molecule has 9 heteroatoms. The van der Waals surface area contributed by atoms with Gasteiger partial charge in [0.1, 0.15) is 11.9 Å². The summed E-state index contributed by atoms with van der Waals surface area (Å²) in [5, 5.41) is 10.7. The quantitative estimate of drug-likeness (QED) is 0.360. The highest BCUT2D eigenvalue weighted by atomic mass is 35.5. The third-order valence-corrected chi connectivity index (χ3v) is 2.67. The molecule has 1 heterocycles. The Hall–Kier alpha value is -2.74. The van der Waals surface area contributed by atoms with Crippen LogP contribution >= 0.6 is 11.6 Å². The van der Waals surface area contributed by atoms with Gasteiger partial charge < -0.3 is 9.47 Å². The Bertz CT molecular complexity index is 705. The van der Waals surface area contributed by atoms with Crippen LogP contribution in [0, 0.1) is 10.1 Å². The molecule has 0 aliphatic heterocycles. The Morgan fingerprint density at radius 1 is 1.36 bits per heavy atom. The zero-order chi connectivity index (χ0) is 16.1. The molecule has 2 aromatic rings. The Kier molecular flexibility index (Phi) is 4.84. The molecule has 0 unspecified atom stereocenters. The number of ether oxygens (including phenoxy) is 2. The Balaban J connectivity index is 2.23. The predicted molar refractivity (Wildman–Crippen MR) is 76.2 cm³/mol. The van der Waals surface area contributed by atoms with Crippen molar-refractivity contribution in [3.05, 3.63) is 51.4 Å². The van der Waals surface area contributed by atoms with Gasteiger partial charge in [0.25, 0.3) is 0 Å². The van der Waals surface area contributed by atoms with Gasteiger partial charge in [-0.25, -0.2) is 9.78 Å². The molecule has 8 nitrogen and oxygen atoms in total. The number of nitrogens with zero attached hydrogens (tertiary/aromatic N) is 3. The third kappa shape index (κ3) is 3.67. The maximum atomic E-state index is 11.5. The number of rotatable bonds is 5. The summed E-state index contributed by atoms with van der Waals surface area (Å²) in [6.45, 7) is 1.97. The second-order valence-corrected chi connectivity index (χ2v) is 4.27. The van der Waals surface area contributed by atoms with Crippen molar-refractivity contribution in [1.82, 2.24) is 9.97 Å². The van der Waals surface area contributed by atoms with Gasteiger partial charge in [0.05, 0.1) is 17.1 Å². The number of benzene rings is 1. The zero-order valence-corrected chi connectivity index (χ0v) is 12.1. The second-order valence-electron chi connectivity index (χ2n) is 3.93. The van der Waals surface area contributed by atoms with E-state index in [2.05, 4.69) is 9.97 Å². The molecule has 0 saturated heterocycles. The van der Waals surface area contributed by atoms with Crippen LogP contribution in [0.25, 0.3) is 0 Å². The van der Waals surface area contributed by atoms with E-state index in [1.165, 1.54) is 24.3 Å². The summed E-state index contributed by atoms with van der Waals surface area (Å²) < 4.78 is 10.2. The maximum absolute atomic E-state index is 11.5. The molecule has 0 N–H and O–H groups in total. The van der Waals surface area contributed by atoms with Crippen molar-refractivity contribution in [3.63, 3.8) is 0 Å². The Morgan fingerprint density at radius 2 is 2.05 bits per heavy atom. The summed E-state index contributed by atoms with van der Waals surface area (Å²) in [4.78, 5) is 28.9. The molecule has 0 radical (unpaired) electrons. The molecular weight excluding hydrogens is 314 g/mol. The van der Waals surface area contributed by atoms with Crippen molar-refractivity contribution in [2.75, 3.05) is 6.61 Å². The van der Waals surface area contributed by atoms with Crippen LogP contribution < -0.4 is 4.74 Å². The van der Waals surface area contributed by atoms with Crippen molar-refractivity contribution in [2.45, 2.75) is 6.92 Å². The lowest BCUT2D eigenvalue weighted by Gasteiger charge is -2.06. The van der Waals surface area contributed by atoms with E-state index in [4.69, 9.17) is 21.1 Å². The minimum Gasteiger partial charge on any atom is -0.462 e. The van der Waals surface area contributed by atoms with Gasteiger partial charge in [-0.1, -0.05) is 0 Å². The van der Waals surface area contributed by atoms with E-state index in [0.717, 1.165) is 6.20 Å². The SMILES string of the molecule is CCOC(=O)c1ccc(Oc2nc(Cl)ncc2[N+](=O)[O-])cc1. The molecule has 0 fully saturated rings. The topological polar surface area (TPSA) is 104 Å². The van der Waals surface area contributed by atoms with Crippen molar-refractivity contribution in [1.29, 1.82) is 0 Å². The number of nitro groups is 1. The van der Waals surface area contributed by atoms with Gasteiger partial charge in [0, 0.05) is 0 Å². The van der Waals surface area contributed by atoms with Gasteiger partial charge in [0.15, 0.2) is 0 Å². The average molecular weight is 324 g/mol. The maximum Gasteiger partial charge on any atom is 0.349 e. The van der Waals surface area contributed by atoms with Gasteiger partial charge in [0.2, 0.25) is 5.28 Å². The normalized spacial score (nSPS) is 10.1. The molecule has 0 saturated carbocycles. The highest BCUT2D eigenvalue weighted by Gasteiger charge is 2.19. The molecule has 0 bridgehead atoms. The molecule has 0 spiro atoms. The smallest absolute Gasteiger partial charge is 0.349 e. The number of carbonyl (C=O) groups excluding carboxylic acids is 1. The Morgan fingerprint density at radius 3 is 2.64 bits per heavy atom. The monoisotopic (exact) mass is 323 g/mol. The molecule has 0 aliphatic carbocycles. The summed E-state index contributed by atoms with van der Waals surface area (Å²) in [5.41, 5.74) is -0.0803. The first kappa shape index (κ1) is 15.6. The lowest BCUT2D eigenvalue weighted by atomic mass is 10.2. The number of esters is 1. The predicted octanol–water partition coefficient (Wildman–Crippen LogP) is 3.01. The van der Waals surface area contributed by atoms with Crippen molar-refractivity contribution in [2.24, 2.45) is 0 Å². The lowest BCUT2D eigenvalue weighted by Crippen LogP contribution is -2.04. The molecule has 1 aromatic heterocycles. The van der Waals surface area contributed by atoms with E-state index < -0.39 is 16.6 Å². The standard InChI is InChI=1S/C13H10ClN3O5/c1-2-21-12(18)8-3-5-9(6-4-8)22-11-10(17(19)20)7-15-13(14)16-11/h3-7H,2H2,1H3. The van der Waals surface area contributed by atoms with E-state index in [9.17, 15) is 14.9 Å². The van der Waals surface area contributed by atoms with E-state index in [-0.39, 0.29) is 23.5 Å². The van der Waals surface area contributed by atoms with Crippen LogP contribution in [0.2, 0.25) is 5.28 Å². The molecule has 114 valence electrons. The second kappa shape index (κ2) is 6.81. The van der Waals surface area contributed by atoms with Gasteiger partial charge in [-0.3, -0.25) is 10.1 Å². The first-order valence-corrected chi connectivity index (χ1v) is 6.51. The van der Waals surface area contributed by atoms with E-state index in [0.29, 0.717) is 5.56 Å². The highest BCUT2D eigenvalue weighted by molar-refractivity contribution is 6.28. The highest BCUT2D eigenvalue weighted by Crippen LogP contribution is 2.29. The number of aromatic nitrogens is 2. The Labute approximate surface area is 129 Å². The van der Waals surface area contributed by atoms with Gasteiger partial charge >= 0.3 is 17.5 Å². The molecule has 0 atom stereocenters. The van der Waals surface area contributed by atoms with Crippen LogP contribution in [0.1, 0.15) is 17.3 Å². The van der Waals surface area contributed by atoms with Crippen LogP contribution in [-0.2, 0) is 4.74 Å². The van der Waals surface area contributed by atoms with Gasteiger partial charge in [-0.05, 0) is 42.8 Å². The average Bonchev–Trinajstić information content (AvgIpc) is 2.48. The molecule has 0 amide bonds. The van der Waals surface area contributed by atoms with E-state index >= 15 is 0 Å². The third-order valence-electron chi connectivity index (χ3n) is 2.48. The lowest BCUT2D eigenvalue weighted by molar-refractivity contribution is -0.386. The van der Waals surface area contributed by atoms with Crippen molar-refractivity contribution in [3.8, 4) is 11.6 Å². The molecule has 2 rings (SSSR count). The number of halogens is 1. The minimum absolute atomic E-state index is 0.177. The first-order valence-electron chi connectivity index (χ1n) is 6.13. The summed E-state index contributed by atoms with van der Waals surface area (Å²) in [6.07, 6.45) is 0.956. The fourth-order valence-electron chi connectivity index (χ4n) is 1.53. The number of hydrogen-bond donors (Lipinski definition) is 0. The largest absolute Gasteiger partial charge is 0.462 e. The molecular formula is C13H10ClN3O5. The summed E-state index contributed by atoms with van der Waals surface area (Å²) in [6, 6.07) is 5.88. The van der Waals surface area contributed by atoms with Crippen LogP contribution in [-0.4, -0.2) is 27.5 Å². The number of hydrogen-bond acceptors (Lipinski definition) is 7.